The third kappa shape index (κ3) is 5.01. The van der Waals surface area contributed by atoms with E-state index < -0.39 is 5.91 Å². The molecule has 0 saturated heterocycles. The number of amides is 1. The van der Waals surface area contributed by atoms with E-state index in [-0.39, 0.29) is 23.9 Å². The Hall–Kier alpha value is -4.74. The lowest BCUT2D eigenvalue weighted by Crippen LogP contribution is -2.24. The minimum Gasteiger partial charge on any atom is -0.494 e. The smallest absolute Gasteiger partial charge is 0.293 e. The molecule has 0 radical (unpaired) electrons. The number of hydrogen-bond donors (Lipinski definition) is 2. The Bertz CT molecular complexity index is 1280. The van der Waals surface area contributed by atoms with Gasteiger partial charge >= 0.3 is 0 Å². The van der Waals surface area contributed by atoms with Gasteiger partial charge in [-0.05, 0) is 47.1 Å². The number of nitrogens with one attached hydrogen (secondary N) is 1. The van der Waals surface area contributed by atoms with Gasteiger partial charge in [-0.2, -0.15) is 9.78 Å². The molecule has 12 heteroatoms. The van der Waals surface area contributed by atoms with Gasteiger partial charge in [-0.25, -0.2) is 10.1 Å². The lowest BCUT2D eigenvalue weighted by molar-refractivity contribution is 0.0949. The van der Waals surface area contributed by atoms with Gasteiger partial charge in [0, 0.05) is 12.7 Å². The number of hydrogen-bond acceptors (Lipinski definition) is 10. The second kappa shape index (κ2) is 10.3. The quantitative estimate of drug-likeness (QED) is 0.282. The number of carbonyl (C=O) groups excluding carboxylic acids is 1. The normalized spacial score (nSPS) is 11.0. The van der Waals surface area contributed by atoms with Crippen molar-refractivity contribution in [2.24, 2.45) is 5.10 Å². The summed E-state index contributed by atoms with van der Waals surface area (Å²) in [5.74, 6) is 0.327. The van der Waals surface area contributed by atoms with Crippen molar-refractivity contribution in [1.82, 2.24) is 30.7 Å². The molecule has 0 bridgehead atoms. The summed E-state index contributed by atoms with van der Waals surface area (Å²) in [4.78, 5) is 14.9. The molecule has 4 aromatic rings. The highest BCUT2D eigenvalue weighted by Crippen LogP contribution is 2.20. The van der Waals surface area contributed by atoms with Crippen molar-refractivity contribution in [3.05, 3.63) is 71.5 Å². The Morgan fingerprint density at radius 3 is 2.79 bits per heavy atom. The predicted molar refractivity (Wildman–Crippen MR) is 125 cm³/mol. The van der Waals surface area contributed by atoms with E-state index in [1.54, 1.807) is 0 Å². The summed E-state index contributed by atoms with van der Waals surface area (Å²) in [6.07, 6.45) is 1.51. The zero-order valence-corrected chi connectivity index (χ0v) is 18.6. The van der Waals surface area contributed by atoms with E-state index in [4.69, 9.17) is 15.1 Å². The van der Waals surface area contributed by atoms with Crippen LogP contribution in [-0.4, -0.2) is 51.1 Å². The first-order valence-corrected chi connectivity index (χ1v) is 10.4. The number of benzene rings is 2. The molecular formula is C22H23N9O3. The number of nitrogens with zero attached hydrogens (tertiary/aromatic N) is 7. The number of para-hydroxylation sites is 1. The van der Waals surface area contributed by atoms with Crippen LogP contribution in [0.1, 0.15) is 28.7 Å². The molecule has 2 aromatic carbocycles. The summed E-state index contributed by atoms with van der Waals surface area (Å²) in [5, 5.41) is 19.5. The molecule has 0 aliphatic heterocycles. The van der Waals surface area contributed by atoms with E-state index in [2.05, 4.69) is 31.2 Å². The number of rotatable bonds is 9. The maximum Gasteiger partial charge on any atom is 0.293 e. The summed E-state index contributed by atoms with van der Waals surface area (Å²) in [5.41, 5.74) is 10.5. The molecule has 4 rings (SSSR count). The highest BCUT2D eigenvalue weighted by molar-refractivity contribution is 5.94. The van der Waals surface area contributed by atoms with Crippen molar-refractivity contribution in [2.45, 2.75) is 13.5 Å². The molecule has 34 heavy (non-hydrogen) atoms. The highest BCUT2D eigenvalue weighted by Gasteiger charge is 2.25. The van der Waals surface area contributed by atoms with Crippen LogP contribution in [0.4, 0.5) is 11.5 Å². The second-order valence-electron chi connectivity index (χ2n) is 7.17. The standard InChI is InChI=1S/C22H23N9O3/c1-3-33-17-11-7-8-15(12-17)13-24-26-22(32)19-18(14-30(2)16-9-5-4-6-10-16)31(29-25-19)21-20(23)27-34-28-21/h4-13H,3,14H2,1-2H3,(H2,23,27)(H,26,32). The van der Waals surface area contributed by atoms with E-state index in [0.717, 1.165) is 11.3 Å². The lowest BCUT2D eigenvalue weighted by atomic mass is 10.2. The van der Waals surface area contributed by atoms with Gasteiger partial charge in [0.05, 0.1) is 25.1 Å². The SMILES string of the molecule is CCOc1cccc(C=NNC(=O)c2nnn(-c3nonc3N)c2CN(C)c2ccccc2)c1. The fraction of sp³-hybridized carbons (Fsp3) is 0.182. The van der Waals surface area contributed by atoms with Crippen LogP contribution >= 0.6 is 0 Å². The molecule has 0 atom stereocenters. The molecule has 174 valence electrons. The highest BCUT2D eigenvalue weighted by atomic mass is 16.6. The number of anilines is 2. The predicted octanol–water partition coefficient (Wildman–Crippen LogP) is 2.03. The topological polar surface area (TPSA) is 150 Å². The Labute approximate surface area is 195 Å². The van der Waals surface area contributed by atoms with Gasteiger partial charge in [0.2, 0.25) is 11.6 Å². The van der Waals surface area contributed by atoms with Gasteiger partial charge in [-0.15, -0.1) is 5.10 Å². The van der Waals surface area contributed by atoms with E-state index in [1.807, 2.05) is 73.5 Å². The van der Waals surface area contributed by atoms with Gasteiger partial charge in [-0.1, -0.05) is 35.5 Å². The van der Waals surface area contributed by atoms with E-state index in [1.165, 1.54) is 10.9 Å². The van der Waals surface area contributed by atoms with Crippen LogP contribution in [0.5, 0.6) is 5.75 Å². The van der Waals surface area contributed by atoms with Crippen molar-refractivity contribution in [2.75, 3.05) is 24.3 Å². The summed E-state index contributed by atoms with van der Waals surface area (Å²) in [6, 6.07) is 17.0. The molecule has 1 amide bonds. The molecule has 0 spiro atoms. The molecule has 0 aliphatic carbocycles. The maximum absolute atomic E-state index is 12.9. The van der Waals surface area contributed by atoms with Crippen LogP contribution in [0.15, 0.2) is 64.3 Å². The molecule has 0 aliphatic rings. The average Bonchev–Trinajstić information content (AvgIpc) is 3.45. The first-order valence-electron chi connectivity index (χ1n) is 10.4. The van der Waals surface area contributed by atoms with Gasteiger partial charge in [0.1, 0.15) is 5.75 Å². The molecular weight excluding hydrogens is 438 g/mol. The molecule has 0 fully saturated rings. The lowest BCUT2D eigenvalue weighted by Gasteiger charge is -2.19. The van der Waals surface area contributed by atoms with Crippen LogP contribution in [0.3, 0.4) is 0 Å². The van der Waals surface area contributed by atoms with Crippen LogP contribution in [0, 0.1) is 0 Å². The molecule has 3 N–H and O–H groups in total. The van der Waals surface area contributed by atoms with E-state index in [9.17, 15) is 4.79 Å². The van der Waals surface area contributed by atoms with Crippen LogP contribution in [0.25, 0.3) is 5.82 Å². The molecule has 12 nitrogen and oxygen atoms in total. The van der Waals surface area contributed by atoms with Crippen molar-refractivity contribution in [1.29, 1.82) is 0 Å². The number of aromatic nitrogens is 5. The molecule has 2 heterocycles. The van der Waals surface area contributed by atoms with Crippen molar-refractivity contribution >= 4 is 23.6 Å². The molecule has 0 unspecified atom stereocenters. The monoisotopic (exact) mass is 461 g/mol. The number of ether oxygens (including phenoxy) is 1. The average molecular weight is 461 g/mol. The fourth-order valence-electron chi connectivity index (χ4n) is 3.20. The fourth-order valence-corrected chi connectivity index (χ4v) is 3.20. The number of hydrazone groups is 1. The minimum atomic E-state index is -0.546. The first-order chi connectivity index (χ1) is 16.6. The summed E-state index contributed by atoms with van der Waals surface area (Å²) >= 11 is 0. The zero-order chi connectivity index (χ0) is 23.9. The summed E-state index contributed by atoms with van der Waals surface area (Å²) in [7, 11) is 1.88. The molecule has 0 saturated carbocycles. The van der Waals surface area contributed by atoms with Gasteiger partial charge in [0.25, 0.3) is 5.91 Å². The van der Waals surface area contributed by atoms with Crippen molar-refractivity contribution < 1.29 is 14.2 Å². The van der Waals surface area contributed by atoms with E-state index >= 15 is 0 Å². The van der Waals surface area contributed by atoms with Crippen molar-refractivity contribution in [3.8, 4) is 11.6 Å². The zero-order valence-electron chi connectivity index (χ0n) is 18.6. The Morgan fingerprint density at radius 2 is 2.06 bits per heavy atom. The molecule has 2 aromatic heterocycles. The maximum atomic E-state index is 12.9. The van der Waals surface area contributed by atoms with Gasteiger partial charge in [-0.3, -0.25) is 4.79 Å². The van der Waals surface area contributed by atoms with E-state index in [0.29, 0.717) is 18.1 Å². The van der Waals surface area contributed by atoms with Crippen molar-refractivity contribution in [3.63, 3.8) is 0 Å². The summed E-state index contributed by atoms with van der Waals surface area (Å²) in [6.45, 7) is 2.73. The number of nitrogens with two attached hydrogens (primary N) is 1. The van der Waals surface area contributed by atoms with Crippen LogP contribution < -0.4 is 20.8 Å². The van der Waals surface area contributed by atoms with Gasteiger partial charge < -0.3 is 15.4 Å². The number of carbonyl (C=O) groups is 1. The summed E-state index contributed by atoms with van der Waals surface area (Å²) < 4.78 is 11.5. The largest absolute Gasteiger partial charge is 0.494 e. The number of nitrogen functional groups attached to an aromatic ring is 1. The van der Waals surface area contributed by atoms with Crippen LogP contribution in [0.2, 0.25) is 0 Å². The second-order valence-corrected chi connectivity index (χ2v) is 7.17. The third-order valence-corrected chi connectivity index (χ3v) is 4.81. The Kier molecular flexibility index (Phi) is 6.77. The van der Waals surface area contributed by atoms with Gasteiger partial charge in [0.15, 0.2) is 5.69 Å². The van der Waals surface area contributed by atoms with Crippen LogP contribution in [-0.2, 0) is 6.54 Å². The minimum absolute atomic E-state index is 0.0210. The Morgan fingerprint density at radius 1 is 1.24 bits per heavy atom. The first kappa shape index (κ1) is 22.5. The Balaban J connectivity index is 1.58. The third-order valence-electron chi connectivity index (χ3n) is 4.81.